The van der Waals surface area contributed by atoms with Gasteiger partial charge in [-0.25, -0.2) is 8.91 Å². The summed E-state index contributed by atoms with van der Waals surface area (Å²) in [7, 11) is 1.69. The van der Waals surface area contributed by atoms with Crippen molar-refractivity contribution in [2.75, 3.05) is 0 Å². The van der Waals surface area contributed by atoms with Crippen molar-refractivity contribution in [3.63, 3.8) is 0 Å². The fourth-order valence-corrected chi connectivity index (χ4v) is 1.84. The zero-order valence-corrected chi connectivity index (χ0v) is 9.67. The van der Waals surface area contributed by atoms with Gasteiger partial charge in [0, 0.05) is 25.0 Å². The smallest absolute Gasteiger partial charge is 0.276 e. The SMILES string of the molecule is Cn1ccn2nc(-c3ccc(F)cc3)cc2c1=O. The molecule has 0 aliphatic carbocycles. The van der Waals surface area contributed by atoms with Crippen LogP contribution in [-0.4, -0.2) is 14.2 Å². The number of rotatable bonds is 1. The second-order valence-corrected chi connectivity index (χ2v) is 4.08. The molecule has 0 saturated carbocycles. The molecule has 0 fully saturated rings. The lowest BCUT2D eigenvalue weighted by Crippen LogP contribution is -2.17. The Kier molecular flexibility index (Phi) is 2.26. The van der Waals surface area contributed by atoms with Crippen LogP contribution in [-0.2, 0) is 7.05 Å². The maximum Gasteiger partial charge on any atom is 0.276 e. The monoisotopic (exact) mass is 243 g/mol. The Morgan fingerprint density at radius 1 is 1.17 bits per heavy atom. The third-order valence-corrected chi connectivity index (χ3v) is 2.85. The fraction of sp³-hybridized carbons (Fsp3) is 0.0769. The molecule has 0 atom stereocenters. The summed E-state index contributed by atoms with van der Waals surface area (Å²) < 4.78 is 15.9. The van der Waals surface area contributed by atoms with Crippen molar-refractivity contribution in [2.45, 2.75) is 0 Å². The Morgan fingerprint density at radius 3 is 2.61 bits per heavy atom. The van der Waals surface area contributed by atoms with Gasteiger partial charge in [0.1, 0.15) is 11.3 Å². The summed E-state index contributed by atoms with van der Waals surface area (Å²) in [6.45, 7) is 0. The summed E-state index contributed by atoms with van der Waals surface area (Å²) in [5.41, 5.74) is 1.82. The first-order valence-electron chi connectivity index (χ1n) is 5.46. The predicted octanol–water partition coefficient (Wildman–Crippen LogP) is 1.84. The van der Waals surface area contributed by atoms with E-state index < -0.39 is 0 Å². The van der Waals surface area contributed by atoms with E-state index in [0.717, 1.165) is 5.56 Å². The lowest BCUT2D eigenvalue weighted by atomic mass is 10.1. The van der Waals surface area contributed by atoms with Crippen LogP contribution in [0.5, 0.6) is 0 Å². The quantitative estimate of drug-likeness (QED) is 0.654. The summed E-state index contributed by atoms with van der Waals surface area (Å²) in [4.78, 5) is 11.9. The van der Waals surface area contributed by atoms with Crippen molar-refractivity contribution in [1.82, 2.24) is 14.2 Å². The van der Waals surface area contributed by atoms with E-state index in [1.807, 2.05) is 0 Å². The summed E-state index contributed by atoms with van der Waals surface area (Å²) >= 11 is 0. The first-order valence-corrected chi connectivity index (χ1v) is 5.46. The predicted molar refractivity (Wildman–Crippen MR) is 65.8 cm³/mol. The lowest BCUT2D eigenvalue weighted by molar-refractivity contribution is 0.628. The Bertz CT molecular complexity index is 771. The number of benzene rings is 1. The minimum atomic E-state index is -0.293. The van der Waals surface area contributed by atoms with Gasteiger partial charge in [0.05, 0.1) is 5.69 Å². The molecular weight excluding hydrogens is 233 g/mol. The van der Waals surface area contributed by atoms with E-state index in [4.69, 9.17) is 0 Å². The van der Waals surface area contributed by atoms with Crippen molar-refractivity contribution < 1.29 is 4.39 Å². The van der Waals surface area contributed by atoms with E-state index in [9.17, 15) is 9.18 Å². The number of aryl methyl sites for hydroxylation is 1. The summed E-state index contributed by atoms with van der Waals surface area (Å²) in [5.74, 6) is -0.293. The maximum absolute atomic E-state index is 12.8. The van der Waals surface area contributed by atoms with Crippen LogP contribution in [0.3, 0.4) is 0 Å². The Morgan fingerprint density at radius 2 is 1.89 bits per heavy atom. The summed E-state index contributed by atoms with van der Waals surface area (Å²) in [6.07, 6.45) is 3.36. The van der Waals surface area contributed by atoms with Gasteiger partial charge in [0.2, 0.25) is 0 Å². The zero-order valence-electron chi connectivity index (χ0n) is 9.67. The molecule has 0 N–H and O–H groups in total. The average molecular weight is 243 g/mol. The van der Waals surface area contributed by atoms with Crippen molar-refractivity contribution in [2.24, 2.45) is 7.05 Å². The molecule has 0 saturated heterocycles. The van der Waals surface area contributed by atoms with Gasteiger partial charge in [0.25, 0.3) is 5.56 Å². The topological polar surface area (TPSA) is 39.3 Å². The van der Waals surface area contributed by atoms with Gasteiger partial charge < -0.3 is 4.57 Å². The third kappa shape index (κ3) is 1.60. The molecule has 1 aromatic carbocycles. The second kappa shape index (κ2) is 3.80. The van der Waals surface area contributed by atoms with Crippen molar-refractivity contribution in [3.05, 3.63) is 58.9 Å². The highest BCUT2D eigenvalue weighted by Gasteiger charge is 2.07. The van der Waals surface area contributed by atoms with Gasteiger partial charge in [-0.2, -0.15) is 5.10 Å². The van der Waals surface area contributed by atoms with Gasteiger partial charge in [-0.3, -0.25) is 4.79 Å². The van der Waals surface area contributed by atoms with Crippen LogP contribution in [0.15, 0.2) is 47.5 Å². The van der Waals surface area contributed by atoms with E-state index >= 15 is 0 Å². The van der Waals surface area contributed by atoms with Crippen molar-refractivity contribution in [1.29, 1.82) is 0 Å². The molecule has 90 valence electrons. The van der Waals surface area contributed by atoms with Crippen molar-refractivity contribution in [3.8, 4) is 11.3 Å². The first kappa shape index (κ1) is 10.7. The zero-order chi connectivity index (χ0) is 12.7. The van der Waals surface area contributed by atoms with Gasteiger partial charge in [-0.05, 0) is 30.3 Å². The van der Waals surface area contributed by atoms with Crippen LogP contribution in [0.2, 0.25) is 0 Å². The van der Waals surface area contributed by atoms with E-state index in [0.29, 0.717) is 11.2 Å². The third-order valence-electron chi connectivity index (χ3n) is 2.85. The molecule has 0 aliphatic rings. The standard InChI is InChI=1S/C13H10FN3O/c1-16-6-7-17-12(13(16)18)8-11(15-17)9-2-4-10(14)5-3-9/h2-8H,1H3. The molecule has 0 radical (unpaired) electrons. The van der Waals surface area contributed by atoms with E-state index in [1.165, 1.54) is 21.2 Å². The molecule has 2 aromatic heterocycles. The average Bonchev–Trinajstić information content (AvgIpc) is 2.80. The molecule has 18 heavy (non-hydrogen) atoms. The minimum absolute atomic E-state index is 0.113. The van der Waals surface area contributed by atoms with E-state index in [-0.39, 0.29) is 11.4 Å². The fourth-order valence-electron chi connectivity index (χ4n) is 1.84. The van der Waals surface area contributed by atoms with Crippen LogP contribution in [0.25, 0.3) is 16.8 Å². The van der Waals surface area contributed by atoms with Crippen LogP contribution >= 0.6 is 0 Å². The first-order chi connectivity index (χ1) is 8.65. The highest BCUT2D eigenvalue weighted by atomic mass is 19.1. The largest absolute Gasteiger partial charge is 0.315 e. The second-order valence-electron chi connectivity index (χ2n) is 4.08. The van der Waals surface area contributed by atoms with Gasteiger partial charge in [0.15, 0.2) is 0 Å². The number of hydrogen-bond donors (Lipinski definition) is 0. The highest BCUT2D eigenvalue weighted by molar-refractivity contribution is 5.65. The molecule has 0 aliphatic heterocycles. The molecular formula is C13H10FN3O. The molecule has 2 heterocycles. The lowest BCUT2D eigenvalue weighted by Gasteiger charge is -1.96. The van der Waals surface area contributed by atoms with E-state index in [2.05, 4.69) is 5.10 Å². The number of halogens is 1. The Labute approximate surface area is 102 Å². The van der Waals surface area contributed by atoms with Crippen LogP contribution in [0, 0.1) is 5.82 Å². The normalized spacial score (nSPS) is 11.0. The van der Waals surface area contributed by atoms with Crippen LogP contribution in [0.4, 0.5) is 4.39 Å². The number of fused-ring (bicyclic) bond motifs is 1. The van der Waals surface area contributed by atoms with Crippen LogP contribution in [0.1, 0.15) is 0 Å². The Balaban J connectivity index is 2.22. The van der Waals surface area contributed by atoms with Gasteiger partial charge in [-0.1, -0.05) is 0 Å². The summed E-state index contributed by atoms with van der Waals surface area (Å²) in [5, 5.41) is 4.30. The van der Waals surface area contributed by atoms with Gasteiger partial charge >= 0.3 is 0 Å². The molecule has 3 rings (SSSR count). The van der Waals surface area contributed by atoms with Crippen molar-refractivity contribution >= 4 is 5.52 Å². The Hall–Kier alpha value is -2.43. The minimum Gasteiger partial charge on any atom is -0.315 e. The summed E-state index contributed by atoms with van der Waals surface area (Å²) in [6, 6.07) is 7.73. The molecule has 0 amide bonds. The number of aromatic nitrogens is 3. The maximum atomic E-state index is 12.8. The number of hydrogen-bond acceptors (Lipinski definition) is 2. The molecule has 0 spiro atoms. The van der Waals surface area contributed by atoms with Crippen LogP contribution < -0.4 is 5.56 Å². The molecule has 0 bridgehead atoms. The highest BCUT2D eigenvalue weighted by Crippen LogP contribution is 2.18. The number of nitrogens with zero attached hydrogens (tertiary/aromatic N) is 3. The molecule has 5 heteroatoms. The van der Waals surface area contributed by atoms with Gasteiger partial charge in [-0.15, -0.1) is 0 Å². The molecule has 3 aromatic rings. The molecule has 0 unspecified atom stereocenters. The van der Waals surface area contributed by atoms with E-state index in [1.54, 1.807) is 37.6 Å². The molecule has 4 nitrogen and oxygen atoms in total.